The lowest BCUT2D eigenvalue weighted by Crippen LogP contribution is -2.28. The van der Waals surface area contributed by atoms with Crippen molar-refractivity contribution in [1.29, 1.82) is 0 Å². The van der Waals surface area contributed by atoms with Gasteiger partial charge in [-0.3, -0.25) is 0 Å². The van der Waals surface area contributed by atoms with Crippen LogP contribution in [0.5, 0.6) is 0 Å². The van der Waals surface area contributed by atoms with Gasteiger partial charge in [0.15, 0.2) is 0 Å². The van der Waals surface area contributed by atoms with Crippen molar-refractivity contribution < 1.29 is 0 Å². The van der Waals surface area contributed by atoms with Gasteiger partial charge in [-0.1, -0.05) is 6.42 Å². The second-order valence-corrected chi connectivity index (χ2v) is 4.45. The first kappa shape index (κ1) is 9.09. The highest BCUT2D eigenvalue weighted by atomic mass is 32.1. The van der Waals surface area contributed by atoms with Crippen molar-refractivity contribution in [2.45, 2.75) is 38.1 Å². The monoisotopic (exact) mass is 197 g/mol. The first-order valence-electron chi connectivity index (χ1n) is 4.86. The van der Waals surface area contributed by atoms with Crippen LogP contribution in [0.4, 0.5) is 0 Å². The molecule has 0 aromatic carbocycles. The molecule has 1 aliphatic carbocycles. The van der Waals surface area contributed by atoms with Crippen LogP contribution < -0.4 is 5.73 Å². The summed E-state index contributed by atoms with van der Waals surface area (Å²) in [4.78, 5) is 0. The van der Waals surface area contributed by atoms with Gasteiger partial charge in [-0.25, -0.2) is 0 Å². The van der Waals surface area contributed by atoms with Gasteiger partial charge in [-0.15, -0.1) is 0 Å². The highest BCUT2D eigenvalue weighted by Gasteiger charge is 2.19. The molecule has 3 nitrogen and oxygen atoms in total. The molecule has 0 saturated heterocycles. The predicted octanol–water partition coefficient (Wildman–Crippen LogP) is 1.60. The Kier molecular flexibility index (Phi) is 2.90. The van der Waals surface area contributed by atoms with Gasteiger partial charge in [0.25, 0.3) is 0 Å². The molecular weight excluding hydrogens is 182 g/mol. The third-order valence-electron chi connectivity index (χ3n) is 2.73. The van der Waals surface area contributed by atoms with E-state index >= 15 is 0 Å². The largest absolute Gasteiger partial charge is 0.328 e. The Labute approximate surface area is 82.7 Å². The molecule has 72 valence electrons. The summed E-state index contributed by atoms with van der Waals surface area (Å²) in [5.74, 6) is 0.743. The number of hydrogen-bond donors (Lipinski definition) is 1. The molecule has 1 saturated carbocycles. The quantitative estimate of drug-likeness (QED) is 0.783. The van der Waals surface area contributed by atoms with Crippen LogP contribution in [0.25, 0.3) is 0 Å². The summed E-state index contributed by atoms with van der Waals surface area (Å²) in [6.45, 7) is 0. The molecule has 1 heterocycles. The fourth-order valence-corrected chi connectivity index (χ4v) is 2.53. The molecule has 4 heteroatoms. The molecular formula is C9H15N3S. The summed E-state index contributed by atoms with van der Waals surface area (Å²) in [5.41, 5.74) is 7.06. The Morgan fingerprint density at radius 3 is 3.15 bits per heavy atom. The molecule has 2 rings (SSSR count). The van der Waals surface area contributed by atoms with Crippen molar-refractivity contribution >= 4 is 11.7 Å². The van der Waals surface area contributed by atoms with E-state index in [1.54, 1.807) is 0 Å². The standard InChI is InChI=1S/C9H15N3S/c10-8-3-1-2-7(4-8)5-9-6-11-13-12-9/h6-8H,1-5,10H2. The van der Waals surface area contributed by atoms with Gasteiger partial charge in [0.2, 0.25) is 0 Å². The normalized spacial score (nSPS) is 29.0. The molecule has 2 atom stereocenters. The van der Waals surface area contributed by atoms with Gasteiger partial charge >= 0.3 is 0 Å². The van der Waals surface area contributed by atoms with E-state index in [0.717, 1.165) is 24.5 Å². The Morgan fingerprint density at radius 2 is 2.46 bits per heavy atom. The highest BCUT2D eigenvalue weighted by Crippen LogP contribution is 2.25. The van der Waals surface area contributed by atoms with Crippen LogP contribution in [0.15, 0.2) is 6.20 Å². The van der Waals surface area contributed by atoms with Gasteiger partial charge in [-0.2, -0.15) is 8.75 Å². The number of nitrogens with two attached hydrogens (primary N) is 1. The minimum atomic E-state index is 0.422. The van der Waals surface area contributed by atoms with Crippen molar-refractivity contribution in [3.63, 3.8) is 0 Å². The maximum absolute atomic E-state index is 5.92. The van der Waals surface area contributed by atoms with Crippen LogP contribution in [0.2, 0.25) is 0 Å². The summed E-state index contributed by atoms with van der Waals surface area (Å²) in [5, 5.41) is 0. The van der Waals surface area contributed by atoms with Crippen LogP contribution >= 0.6 is 11.7 Å². The second kappa shape index (κ2) is 4.15. The second-order valence-electron chi connectivity index (χ2n) is 3.90. The topological polar surface area (TPSA) is 51.8 Å². The van der Waals surface area contributed by atoms with Crippen LogP contribution in [0, 0.1) is 5.92 Å². The van der Waals surface area contributed by atoms with Gasteiger partial charge in [0.05, 0.1) is 23.6 Å². The average Bonchev–Trinajstić information content (AvgIpc) is 2.57. The van der Waals surface area contributed by atoms with E-state index in [1.165, 1.54) is 31.0 Å². The maximum atomic E-state index is 5.92. The molecule has 1 aromatic heterocycles. The fourth-order valence-electron chi connectivity index (χ4n) is 2.09. The summed E-state index contributed by atoms with van der Waals surface area (Å²) in [6.07, 6.45) is 7.91. The number of aromatic nitrogens is 2. The van der Waals surface area contributed by atoms with E-state index in [1.807, 2.05) is 6.20 Å². The zero-order chi connectivity index (χ0) is 9.10. The fraction of sp³-hybridized carbons (Fsp3) is 0.778. The third-order valence-corrected chi connectivity index (χ3v) is 3.24. The van der Waals surface area contributed by atoms with Crippen molar-refractivity contribution in [2.24, 2.45) is 11.7 Å². The van der Waals surface area contributed by atoms with Crippen LogP contribution in [0.3, 0.4) is 0 Å². The van der Waals surface area contributed by atoms with E-state index in [0.29, 0.717) is 6.04 Å². The van der Waals surface area contributed by atoms with Gasteiger partial charge in [0, 0.05) is 6.04 Å². The van der Waals surface area contributed by atoms with Crippen LogP contribution in [-0.4, -0.2) is 14.8 Å². The highest BCUT2D eigenvalue weighted by molar-refractivity contribution is 6.99. The summed E-state index contributed by atoms with van der Waals surface area (Å²) in [7, 11) is 0. The summed E-state index contributed by atoms with van der Waals surface area (Å²) < 4.78 is 8.23. The average molecular weight is 197 g/mol. The van der Waals surface area contributed by atoms with Crippen molar-refractivity contribution in [1.82, 2.24) is 8.75 Å². The minimum absolute atomic E-state index is 0.422. The third kappa shape index (κ3) is 2.48. The van der Waals surface area contributed by atoms with Gasteiger partial charge in [-0.05, 0) is 31.6 Å². The minimum Gasteiger partial charge on any atom is -0.328 e. The number of hydrogen-bond acceptors (Lipinski definition) is 4. The SMILES string of the molecule is NC1CCCC(Cc2cnsn2)C1. The molecule has 0 bridgehead atoms. The zero-order valence-corrected chi connectivity index (χ0v) is 8.46. The Morgan fingerprint density at radius 1 is 1.54 bits per heavy atom. The molecule has 13 heavy (non-hydrogen) atoms. The van der Waals surface area contributed by atoms with E-state index in [9.17, 15) is 0 Å². The van der Waals surface area contributed by atoms with Gasteiger partial charge < -0.3 is 5.73 Å². The zero-order valence-electron chi connectivity index (χ0n) is 7.65. The molecule has 1 fully saturated rings. The van der Waals surface area contributed by atoms with Crippen LogP contribution in [0.1, 0.15) is 31.4 Å². The first-order valence-corrected chi connectivity index (χ1v) is 5.59. The predicted molar refractivity (Wildman–Crippen MR) is 53.5 cm³/mol. The van der Waals surface area contributed by atoms with Gasteiger partial charge in [0.1, 0.15) is 0 Å². The maximum Gasteiger partial charge on any atom is 0.0745 e. The van der Waals surface area contributed by atoms with E-state index in [4.69, 9.17) is 5.73 Å². The molecule has 0 amide bonds. The summed E-state index contributed by atoms with van der Waals surface area (Å²) >= 11 is 1.30. The van der Waals surface area contributed by atoms with Crippen molar-refractivity contribution in [3.05, 3.63) is 11.9 Å². The van der Waals surface area contributed by atoms with E-state index in [-0.39, 0.29) is 0 Å². The van der Waals surface area contributed by atoms with E-state index < -0.39 is 0 Å². The molecule has 2 unspecified atom stereocenters. The Bertz CT molecular complexity index is 247. The van der Waals surface area contributed by atoms with Crippen molar-refractivity contribution in [2.75, 3.05) is 0 Å². The smallest absolute Gasteiger partial charge is 0.0745 e. The lowest BCUT2D eigenvalue weighted by molar-refractivity contribution is 0.319. The molecule has 1 aliphatic rings. The molecule has 1 aromatic rings. The molecule has 0 spiro atoms. The Hall–Kier alpha value is -0.480. The first-order chi connectivity index (χ1) is 6.34. The molecule has 0 aliphatic heterocycles. The number of nitrogens with zero attached hydrogens (tertiary/aromatic N) is 2. The molecule has 2 N–H and O–H groups in total. The van der Waals surface area contributed by atoms with Crippen molar-refractivity contribution in [3.8, 4) is 0 Å². The number of rotatable bonds is 2. The van der Waals surface area contributed by atoms with E-state index in [2.05, 4.69) is 8.75 Å². The lowest BCUT2D eigenvalue weighted by Gasteiger charge is -2.25. The summed E-state index contributed by atoms with van der Waals surface area (Å²) in [6, 6.07) is 0.422. The lowest BCUT2D eigenvalue weighted by atomic mass is 9.83. The van der Waals surface area contributed by atoms with Crippen LogP contribution in [-0.2, 0) is 6.42 Å². The molecule has 0 radical (unpaired) electrons. The Balaban J connectivity index is 1.87.